The molecule has 0 bridgehead atoms. The minimum atomic E-state index is -4.75. The van der Waals surface area contributed by atoms with E-state index in [9.17, 15) is 13.2 Å². The van der Waals surface area contributed by atoms with Gasteiger partial charge in [0.2, 0.25) is 5.88 Å². The summed E-state index contributed by atoms with van der Waals surface area (Å²) in [5.41, 5.74) is 2.41. The number of alkyl halides is 3. The number of aromatic nitrogens is 3. The van der Waals surface area contributed by atoms with Crippen molar-refractivity contribution in [3.8, 4) is 11.6 Å². The highest BCUT2D eigenvalue weighted by atomic mass is 19.4. The molecule has 0 spiro atoms. The van der Waals surface area contributed by atoms with Gasteiger partial charge in [0.05, 0.1) is 24.7 Å². The van der Waals surface area contributed by atoms with Gasteiger partial charge in [-0.3, -0.25) is 0 Å². The summed E-state index contributed by atoms with van der Waals surface area (Å²) in [5, 5.41) is 7.48. The number of nitrogens with one attached hydrogen (secondary N) is 1. The number of methoxy groups -OCH3 is 1. The van der Waals surface area contributed by atoms with E-state index in [2.05, 4.69) is 20.1 Å². The summed E-state index contributed by atoms with van der Waals surface area (Å²) in [6.07, 6.45) is -3.03. The van der Waals surface area contributed by atoms with Crippen LogP contribution in [0.25, 0.3) is 5.65 Å². The first kappa shape index (κ1) is 18.8. The number of para-hydroxylation sites is 1. The molecule has 9 heteroatoms. The fourth-order valence-electron chi connectivity index (χ4n) is 2.65. The summed E-state index contributed by atoms with van der Waals surface area (Å²) < 4.78 is 48.8. The number of hydrogen-bond acceptors (Lipinski definition) is 5. The van der Waals surface area contributed by atoms with Crippen molar-refractivity contribution in [3.63, 3.8) is 0 Å². The van der Waals surface area contributed by atoms with Gasteiger partial charge in [-0.25, -0.2) is 9.50 Å². The highest BCUT2D eigenvalue weighted by Gasteiger charge is 2.32. The molecule has 27 heavy (non-hydrogen) atoms. The Labute approximate surface area is 153 Å². The molecule has 0 amide bonds. The molecule has 1 N–H and O–H groups in total. The van der Waals surface area contributed by atoms with Gasteiger partial charge >= 0.3 is 6.36 Å². The number of fused-ring (bicyclic) bond motifs is 1. The summed E-state index contributed by atoms with van der Waals surface area (Å²) in [6.45, 7) is 4.14. The highest BCUT2D eigenvalue weighted by Crippen LogP contribution is 2.28. The highest BCUT2D eigenvalue weighted by molar-refractivity contribution is 5.68. The monoisotopic (exact) mass is 380 g/mol. The number of anilines is 1. The fourth-order valence-corrected chi connectivity index (χ4v) is 2.65. The Hall–Kier alpha value is -2.97. The maximum Gasteiger partial charge on any atom is 0.573 e. The Morgan fingerprint density at radius 2 is 1.96 bits per heavy atom. The molecule has 0 atom stereocenters. The lowest BCUT2D eigenvalue weighted by Gasteiger charge is -2.15. The fraction of sp³-hybridized carbons (Fsp3) is 0.333. The summed E-state index contributed by atoms with van der Waals surface area (Å²) >= 11 is 0. The summed E-state index contributed by atoms with van der Waals surface area (Å²) in [6, 6.07) is 7.63. The van der Waals surface area contributed by atoms with E-state index >= 15 is 0 Å². The molecule has 0 aliphatic heterocycles. The molecule has 0 fully saturated rings. The van der Waals surface area contributed by atoms with Gasteiger partial charge in [-0.2, -0.15) is 0 Å². The van der Waals surface area contributed by atoms with Crippen molar-refractivity contribution in [1.82, 2.24) is 14.6 Å². The summed E-state index contributed by atoms with van der Waals surface area (Å²) in [5.74, 6) is 0.304. The van der Waals surface area contributed by atoms with Crippen LogP contribution in [0.5, 0.6) is 11.6 Å². The second kappa shape index (κ2) is 7.34. The van der Waals surface area contributed by atoms with Crippen molar-refractivity contribution >= 4 is 11.3 Å². The lowest BCUT2D eigenvalue weighted by molar-refractivity contribution is -0.274. The number of rotatable bonds is 6. The zero-order valence-electron chi connectivity index (χ0n) is 15.0. The van der Waals surface area contributed by atoms with E-state index in [0.717, 1.165) is 5.69 Å². The molecule has 6 nitrogen and oxygen atoms in total. The molecule has 2 heterocycles. The smallest absolute Gasteiger partial charge is 0.480 e. The van der Waals surface area contributed by atoms with Crippen LogP contribution in [0.1, 0.15) is 31.0 Å². The summed E-state index contributed by atoms with van der Waals surface area (Å²) in [7, 11) is 1.50. The third-order valence-corrected chi connectivity index (χ3v) is 3.94. The van der Waals surface area contributed by atoms with E-state index in [1.807, 2.05) is 13.8 Å². The molecular formula is C18H19F3N4O2. The van der Waals surface area contributed by atoms with Crippen molar-refractivity contribution in [1.29, 1.82) is 0 Å². The number of halogens is 3. The van der Waals surface area contributed by atoms with Crippen LogP contribution in [0, 0.1) is 0 Å². The Bertz CT molecular complexity index is 938. The number of imidazole rings is 1. The lowest BCUT2D eigenvalue weighted by Crippen LogP contribution is -2.18. The zero-order chi connectivity index (χ0) is 19.6. The van der Waals surface area contributed by atoms with E-state index in [1.165, 1.54) is 19.2 Å². The number of hydrogen-bond donors (Lipinski definition) is 1. The van der Waals surface area contributed by atoms with Crippen LogP contribution in [-0.2, 0) is 6.54 Å². The van der Waals surface area contributed by atoms with Gasteiger partial charge in [-0.1, -0.05) is 32.0 Å². The van der Waals surface area contributed by atoms with Crippen LogP contribution >= 0.6 is 0 Å². The maximum atomic E-state index is 12.6. The largest absolute Gasteiger partial charge is 0.573 e. The van der Waals surface area contributed by atoms with Crippen molar-refractivity contribution in [2.24, 2.45) is 0 Å². The number of nitrogens with zero attached hydrogens (tertiary/aromatic N) is 3. The molecule has 0 aliphatic rings. The molecule has 0 radical (unpaired) electrons. The lowest BCUT2D eigenvalue weighted by atomic mass is 10.1. The second-order valence-corrected chi connectivity index (χ2v) is 6.18. The molecule has 0 aliphatic carbocycles. The quantitative estimate of drug-likeness (QED) is 0.688. The van der Waals surface area contributed by atoms with Crippen LogP contribution in [0.2, 0.25) is 0 Å². The average molecular weight is 380 g/mol. The van der Waals surface area contributed by atoms with Crippen molar-refractivity contribution in [2.75, 3.05) is 12.4 Å². The molecule has 0 saturated heterocycles. The van der Waals surface area contributed by atoms with Crippen molar-refractivity contribution < 1.29 is 22.6 Å². The standard InChI is InChI=1S/C18H19F3N4O2/c1-11(2)14-10-23-17-13(8-16(26-3)24-25(14)17)22-9-12-6-4-5-7-15(12)27-18(19,20)21/h4-8,10-11,22H,9H2,1-3H3. The Kier molecular flexibility index (Phi) is 5.11. The number of ether oxygens (including phenoxy) is 2. The molecule has 0 saturated carbocycles. The molecule has 3 rings (SSSR count). The van der Waals surface area contributed by atoms with Gasteiger partial charge < -0.3 is 14.8 Å². The Balaban J connectivity index is 1.92. The van der Waals surface area contributed by atoms with Crippen LogP contribution in [0.4, 0.5) is 18.9 Å². The predicted octanol–water partition coefficient (Wildman–Crippen LogP) is 4.37. The molecule has 2 aromatic heterocycles. The Morgan fingerprint density at radius 3 is 2.63 bits per heavy atom. The van der Waals surface area contributed by atoms with Crippen LogP contribution in [0.15, 0.2) is 36.5 Å². The van der Waals surface area contributed by atoms with Crippen LogP contribution in [0.3, 0.4) is 0 Å². The summed E-state index contributed by atoms with van der Waals surface area (Å²) in [4.78, 5) is 4.38. The van der Waals surface area contributed by atoms with E-state index in [1.54, 1.807) is 28.9 Å². The van der Waals surface area contributed by atoms with Crippen molar-refractivity contribution in [2.45, 2.75) is 32.7 Å². The number of benzene rings is 1. The topological polar surface area (TPSA) is 60.7 Å². The molecule has 0 unspecified atom stereocenters. The van der Waals surface area contributed by atoms with Gasteiger partial charge in [0.25, 0.3) is 0 Å². The minimum absolute atomic E-state index is 0.110. The minimum Gasteiger partial charge on any atom is -0.480 e. The van der Waals surface area contributed by atoms with Gasteiger partial charge in [0, 0.05) is 18.2 Å². The average Bonchev–Trinajstić information content (AvgIpc) is 3.03. The van der Waals surface area contributed by atoms with Crippen LogP contribution < -0.4 is 14.8 Å². The molecule has 144 valence electrons. The first-order chi connectivity index (χ1) is 12.8. The van der Waals surface area contributed by atoms with Gasteiger partial charge in [-0.15, -0.1) is 18.3 Å². The van der Waals surface area contributed by atoms with E-state index in [0.29, 0.717) is 22.8 Å². The van der Waals surface area contributed by atoms with E-state index in [-0.39, 0.29) is 18.2 Å². The van der Waals surface area contributed by atoms with Crippen LogP contribution in [-0.4, -0.2) is 28.1 Å². The zero-order valence-corrected chi connectivity index (χ0v) is 15.0. The second-order valence-electron chi connectivity index (χ2n) is 6.18. The van der Waals surface area contributed by atoms with Crippen molar-refractivity contribution in [3.05, 3.63) is 47.8 Å². The predicted molar refractivity (Wildman–Crippen MR) is 94.1 cm³/mol. The normalized spacial score (nSPS) is 11.8. The third kappa shape index (κ3) is 4.24. The van der Waals surface area contributed by atoms with Gasteiger partial charge in [0.15, 0.2) is 5.65 Å². The molecular weight excluding hydrogens is 361 g/mol. The Morgan fingerprint density at radius 1 is 1.22 bits per heavy atom. The van der Waals surface area contributed by atoms with Gasteiger partial charge in [-0.05, 0) is 12.0 Å². The third-order valence-electron chi connectivity index (χ3n) is 3.94. The van der Waals surface area contributed by atoms with E-state index < -0.39 is 6.36 Å². The molecule has 3 aromatic rings. The van der Waals surface area contributed by atoms with Gasteiger partial charge in [0.1, 0.15) is 5.75 Å². The van der Waals surface area contributed by atoms with E-state index in [4.69, 9.17) is 4.74 Å². The maximum absolute atomic E-state index is 12.6. The first-order valence-corrected chi connectivity index (χ1v) is 8.28. The first-order valence-electron chi connectivity index (χ1n) is 8.28. The molecule has 1 aromatic carbocycles. The SMILES string of the molecule is COc1cc(NCc2ccccc2OC(F)(F)F)c2ncc(C(C)C)n2n1.